The van der Waals surface area contributed by atoms with Crippen LogP contribution in [0.15, 0.2) is 25.6 Å². The van der Waals surface area contributed by atoms with E-state index in [1.807, 2.05) is 12.1 Å². The number of nitrogens with one attached hydrogen (secondary N) is 1. The summed E-state index contributed by atoms with van der Waals surface area (Å²) < 4.78 is 12.9. The molecule has 108 valence electrons. The zero-order valence-corrected chi connectivity index (χ0v) is 15.2. The van der Waals surface area contributed by atoms with Gasteiger partial charge in [0.25, 0.3) is 0 Å². The standard InChI is InChI=1S/C12H16Br3NO3/c1-18-2-3-19-7-9(17)6-16-12-10(14)4-8(13)5-11(12)15/h4-5,9,16-17H,2-3,6-7H2,1H3. The van der Waals surface area contributed by atoms with E-state index < -0.39 is 6.10 Å². The zero-order valence-electron chi connectivity index (χ0n) is 10.5. The van der Waals surface area contributed by atoms with Crippen LogP contribution < -0.4 is 5.32 Å². The summed E-state index contributed by atoms with van der Waals surface area (Å²) in [4.78, 5) is 0. The first-order chi connectivity index (χ1) is 9.04. The first kappa shape index (κ1) is 17.4. The van der Waals surface area contributed by atoms with Gasteiger partial charge in [0, 0.05) is 27.1 Å². The second kappa shape index (κ2) is 9.31. The van der Waals surface area contributed by atoms with Crippen molar-refractivity contribution in [2.45, 2.75) is 6.10 Å². The monoisotopic (exact) mass is 459 g/mol. The van der Waals surface area contributed by atoms with Crippen LogP contribution in [0, 0.1) is 0 Å². The highest BCUT2D eigenvalue weighted by molar-refractivity contribution is 9.11. The largest absolute Gasteiger partial charge is 0.389 e. The molecule has 0 aromatic heterocycles. The van der Waals surface area contributed by atoms with Crippen LogP contribution in [-0.4, -0.2) is 44.7 Å². The number of ether oxygens (including phenoxy) is 2. The van der Waals surface area contributed by atoms with Gasteiger partial charge in [-0.3, -0.25) is 0 Å². The lowest BCUT2D eigenvalue weighted by molar-refractivity contribution is 0.0182. The third-order valence-corrected chi connectivity index (χ3v) is 3.97. The molecule has 0 aliphatic rings. The van der Waals surface area contributed by atoms with Crippen LogP contribution in [0.2, 0.25) is 0 Å². The topological polar surface area (TPSA) is 50.7 Å². The molecule has 0 radical (unpaired) electrons. The number of hydrogen-bond donors (Lipinski definition) is 2. The first-order valence-electron chi connectivity index (χ1n) is 5.67. The smallest absolute Gasteiger partial charge is 0.0945 e. The number of hydrogen-bond acceptors (Lipinski definition) is 4. The zero-order chi connectivity index (χ0) is 14.3. The van der Waals surface area contributed by atoms with Crippen LogP contribution in [0.5, 0.6) is 0 Å². The van der Waals surface area contributed by atoms with Crippen molar-refractivity contribution in [2.75, 3.05) is 38.8 Å². The van der Waals surface area contributed by atoms with Gasteiger partial charge in [0.15, 0.2) is 0 Å². The Labute approximate surface area is 138 Å². The fourth-order valence-electron chi connectivity index (χ4n) is 1.35. The summed E-state index contributed by atoms with van der Waals surface area (Å²) in [7, 11) is 1.62. The minimum Gasteiger partial charge on any atom is -0.389 e. The highest BCUT2D eigenvalue weighted by Gasteiger charge is 2.09. The molecule has 2 N–H and O–H groups in total. The Kier molecular flexibility index (Phi) is 8.52. The van der Waals surface area contributed by atoms with Crippen molar-refractivity contribution in [2.24, 2.45) is 0 Å². The average molecular weight is 462 g/mol. The maximum absolute atomic E-state index is 9.78. The van der Waals surface area contributed by atoms with Crippen molar-refractivity contribution >= 4 is 53.5 Å². The lowest BCUT2D eigenvalue weighted by atomic mass is 10.3. The maximum atomic E-state index is 9.78. The second-order valence-electron chi connectivity index (χ2n) is 3.85. The molecule has 1 unspecified atom stereocenters. The maximum Gasteiger partial charge on any atom is 0.0945 e. The van der Waals surface area contributed by atoms with Crippen LogP contribution >= 0.6 is 47.8 Å². The molecule has 1 aromatic carbocycles. The van der Waals surface area contributed by atoms with Gasteiger partial charge in [-0.15, -0.1) is 0 Å². The van der Waals surface area contributed by atoms with E-state index in [1.165, 1.54) is 0 Å². The SMILES string of the molecule is COCCOCC(O)CNc1c(Br)cc(Br)cc1Br. The third-order valence-electron chi connectivity index (χ3n) is 2.26. The number of rotatable bonds is 8. The van der Waals surface area contributed by atoms with Crippen LogP contribution in [0.4, 0.5) is 5.69 Å². The van der Waals surface area contributed by atoms with Crippen molar-refractivity contribution in [3.8, 4) is 0 Å². The Morgan fingerprint density at radius 1 is 1.21 bits per heavy atom. The highest BCUT2D eigenvalue weighted by Crippen LogP contribution is 2.34. The molecular weight excluding hydrogens is 446 g/mol. The number of aliphatic hydroxyl groups excluding tert-OH is 1. The summed E-state index contributed by atoms with van der Waals surface area (Å²) in [5.41, 5.74) is 0.902. The van der Waals surface area contributed by atoms with Gasteiger partial charge in [-0.05, 0) is 44.0 Å². The minimum atomic E-state index is -0.570. The summed E-state index contributed by atoms with van der Waals surface area (Å²) in [5.74, 6) is 0. The fourth-order valence-corrected chi connectivity index (χ4v) is 3.89. The molecule has 0 fully saturated rings. The van der Waals surface area contributed by atoms with Crippen molar-refractivity contribution < 1.29 is 14.6 Å². The highest BCUT2D eigenvalue weighted by atomic mass is 79.9. The summed E-state index contributed by atoms with van der Waals surface area (Å²) in [6.07, 6.45) is -0.570. The molecule has 1 rings (SSSR count). The van der Waals surface area contributed by atoms with Crippen molar-refractivity contribution in [3.63, 3.8) is 0 Å². The molecular formula is C12H16Br3NO3. The van der Waals surface area contributed by atoms with Crippen molar-refractivity contribution in [1.82, 2.24) is 0 Å². The normalized spacial score (nSPS) is 12.5. The van der Waals surface area contributed by atoms with Crippen molar-refractivity contribution in [1.29, 1.82) is 0 Å². The lowest BCUT2D eigenvalue weighted by Gasteiger charge is -2.15. The molecule has 19 heavy (non-hydrogen) atoms. The molecule has 0 aliphatic carbocycles. The first-order valence-corrected chi connectivity index (χ1v) is 8.05. The number of benzene rings is 1. The Morgan fingerprint density at radius 2 is 1.84 bits per heavy atom. The molecule has 0 bridgehead atoms. The summed E-state index contributed by atoms with van der Waals surface area (Å²) in [6, 6.07) is 3.88. The van der Waals surface area contributed by atoms with E-state index in [2.05, 4.69) is 53.1 Å². The number of halogens is 3. The molecule has 4 nitrogen and oxygen atoms in total. The van der Waals surface area contributed by atoms with E-state index in [0.29, 0.717) is 19.8 Å². The second-order valence-corrected chi connectivity index (χ2v) is 6.47. The summed E-state index contributed by atoms with van der Waals surface area (Å²) in [5, 5.41) is 13.0. The molecule has 0 saturated carbocycles. The Balaban J connectivity index is 2.40. The molecule has 0 aliphatic heterocycles. The number of aliphatic hydroxyl groups is 1. The molecule has 0 heterocycles. The minimum absolute atomic E-state index is 0.280. The van der Waals surface area contributed by atoms with E-state index in [1.54, 1.807) is 7.11 Å². The van der Waals surface area contributed by atoms with Crippen molar-refractivity contribution in [3.05, 3.63) is 25.6 Å². The van der Waals surface area contributed by atoms with Crippen LogP contribution in [0.25, 0.3) is 0 Å². The van der Waals surface area contributed by atoms with Gasteiger partial charge in [0.2, 0.25) is 0 Å². The Bertz CT molecular complexity index is 381. The number of methoxy groups -OCH3 is 1. The molecule has 0 saturated heterocycles. The van der Waals surface area contributed by atoms with Gasteiger partial charge in [-0.1, -0.05) is 15.9 Å². The Hall–Kier alpha value is 0.340. The van der Waals surface area contributed by atoms with Crippen LogP contribution in [-0.2, 0) is 9.47 Å². The third kappa shape index (κ3) is 6.55. The van der Waals surface area contributed by atoms with E-state index in [0.717, 1.165) is 19.1 Å². The van der Waals surface area contributed by atoms with E-state index in [4.69, 9.17) is 9.47 Å². The fraction of sp³-hybridized carbons (Fsp3) is 0.500. The molecule has 1 aromatic rings. The van der Waals surface area contributed by atoms with Gasteiger partial charge in [-0.2, -0.15) is 0 Å². The van der Waals surface area contributed by atoms with Gasteiger partial charge >= 0.3 is 0 Å². The van der Waals surface area contributed by atoms with Gasteiger partial charge in [0.1, 0.15) is 0 Å². The molecule has 0 spiro atoms. The summed E-state index contributed by atoms with van der Waals surface area (Å²) >= 11 is 10.3. The van der Waals surface area contributed by atoms with Gasteiger partial charge in [-0.25, -0.2) is 0 Å². The van der Waals surface area contributed by atoms with Crippen LogP contribution in [0.3, 0.4) is 0 Å². The Morgan fingerprint density at radius 3 is 2.42 bits per heavy atom. The predicted octanol–water partition coefficient (Wildman–Crippen LogP) is 3.41. The van der Waals surface area contributed by atoms with E-state index in [9.17, 15) is 5.11 Å². The average Bonchev–Trinajstić information content (AvgIpc) is 2.33. The van der Waals surface area contributed by atoms with E-state index >= 15 is 0 Å². The summed E-state index contributed by atoms with van der Waals surface area (Å²) in [6.45, 7) is 1.71. The van der Waals surface area contributed by atoms with E-state index in [-0.39, 0.29) is 6.61 Å². The predicted molar refractivity (Wildman–Crippen MR) is 86.7 cm³/mol. The quantitative estimate of drug-likeness (QED) is 0.582. The number of anilines is 1. The van der Waals surface area contributed by atoms with Crippen LogP contribution in [0.1, 0.15) is 0 Å². The lowest BCUT2D eigenvalue weighted by Crippen LogP contribution is -2.25. The van der Waals surface area contributed by atoms with Gasteiger partial charge < -0.3 is 19.9 Å². The van der Waals surface area contributed by atoms with Gasteiger partial charge in [0.05, 0.1) is 31.6 Å². The molecule has 7 heteroatoms. The molecule has 0 amide bonds. The molecule has 1 atom stereocenters.